The summed E-state index contributed by atoms with van der Waals surface area (Å²) < 4.78 is 0. The van der Waals surface area contributed by atoms with Gasteiger partial charge in [-0.25, -0.2) is 0 Å². The van der Waals surface area contributed by atoms with Crippen molar-refractivity contribution >= 4 is 11.3 Å². The highest BCUT2D eigenvalue weighted by Crippen LogP contribution is 2.24. The molecule has 2 aliphatic heterocycles. The second-order valence-corrected chi connectivity index (χ2v) is 6.29. The summed E-state index contributed by atoms with van der Waals surface area (Å²) in [5.41, 5.74) is 1.09. The molecule has 1 aromatic heterocycles. The highest BCUT2D eigenvalue weighted by molar-refractivity contribution is 7.10. The summed E-state index contributed by atoms with van der Waals surface area (Å²) in [6.45, 7) is 5.83. The van der Waals surface area contributed by atoms with Crippen LogP contribution >= 0.6 is 11.3 Å². The van der Waals surface area contributed by atoms with Crippen molar-refractivity contribution < 1.29 is 5.11 Å². The number of hydrogen-bond donors (Lipinski definition) is 1. The second-order valence-electron chi connectivity index (χ2n) is 5.28. The third-order valence-electron chi connectivity index (χ3n) is 4.09. The van der Waals surface area contributed by atoms with Crippen molar-refractivity contribution in [3.05, 3.63) is 21.9 Å². The summed E-state index contributed by atoms with van der Waals surface area (Å²) in [6.07, 6.45) is 2.73. The van der Waals surface area contributed by atoms with Crippen LogP contribution in [0, 0.1) is 11.8 Å². The Labute approximate surface area is 118 Å². The normalized spacial score (nSPS) is 23.9. The highest BCUT2D eigenvalue weighted by atomic mass is 32.1. The molecule has 0 aliphatic carbocycles. The van der Waals surface area contributed by atoms with Gasteiger partial charge >= 0.3 is 0 Å². The lowest BCUT2D eigenvalue weighted by atomic mass is 10.1. The van der Waals surface area contributed by atoms with E-state index in [9.17, 15) is 0 Å². The van der Waals surface area contributed by atoms with Crippen LogP contribution in [0.5, 0.6) is 0 Å². The van der Waals surface area contributed by atoms with Gasteiger partial charge in [-0.15, -0.1) is 11.3 Å². The fourth-order valence-electron chi connectivity index (χ4n) is 3.11. The molecule has 0 bridgehead atoms. The molecular formula is C15H20N2OS. The van der Waals surface area contributed by atoms with Crippen LogP contribution in [0.15, 0.2) is 11.4 Å². The smallest absolute Gasteiger partial charge is 0.104 e. The molecule has 1 aromatic rings. The highest BCUT2D eigenvalue weighted by Gasteiger charge is 2.30. The summed E-state index contributed by atoms with van der Waals surface area (Å²) >= 11 is 1.78. The Morgan fingerprint density at radius 3 is 3.21 bits per heavy atom. The standard InChI is InChI=1S/C15H20N2OS/c18-9-2-3-13-5-10-19-15(13)12-16-7-8-17-6-1-4-14(17)11-16/h5,10,14,18H,1,4,6-9,11-12H2. The average molecular weight is 276 g/mol. The first-order valence-electron chi connectivity index (χ1n) is 6.99. The maximum absolute atomic E-state index is 8.79. The van der Waals surface area contributed by atoms with E-state index in [0.29, 0.717) is 0 Å². The summed E-state index contributed by atoms with van der Waals surface area (Å²) in [4.78, 5) is 6.53. The number of aliphatic hydroxyl groups excluding tert-OH is 1. The Balaban J connectivity index is 1.64. The Bertz CT molecular complexity index is 488. The minimum Gasteiger partial charge on any atom is -0.384 e. The van der Waals surface area contributed by atoms with Gasteiger partial charge in [0.15, 0.2) is 0 Å². The van der Waals surface area contributed by atoms with E-state index >= 15 is 0 Å². The monoisotopic (exact) mass is 276 g/mol. The first-order valence-corrected chi connectivity index (χ1v) is 7.87. The van der Waals surface area contributed by atoms with Crippen molar-refractivity contribution in [3.63, 3.8) is 0 Å². The van der Waals surface area contributed by atoms with E-state index in [1.54, 1.807) is 11.3 Å². The van der Waals surface area contributed by atoms with Crippen LogP contribution in [0.1, 0.15) is 23.3 Å². The zero-order chi connectivity index (χ0) is 13.1. The Morgan fingerprint density at radius 2 is 2.32 bits per heavy atom. The van der Waals surface area contributed by atoms with Crippen LogP contribution in [0.4, 0.5) is 0 Å². The van der Waals surface area contributed by atoms with Crippen molar-refractivity contribution in [3.8, 4) is 11.8 Å². The van der Waals surface area contributed by atoms with Crippen LogP contribution in [0.3, 0.4) is 0 Å². The maximum atomic E-state index is 8.79. The van der Waals surface area contributed by atoms with E-state index in [-0.39, 0.29) is 6.61 Å². The van der Waals surface area contributed by atoms with Gasteiger partial charge in [-0.3, -0.25) is 9.80 Å². The van der Waals surface area contributed by atoms with Crippen LogP contribution in [0.2, 0.25) is 0 Å². The van der Waals surface area contributed by atoms with Gasteiger partial charge in [0, 0.05) is 42.7 Å². The minimum atomic E-state index is -0.0595. The third kappa shape index (κ3) is 3.01. The molecule has 2 fully saturated rings. The van der Waals surface area contributed by atoms with Crippen molar-refractivity contribution in [2.24, 2.45) is 0 Å². The molecule has 2 aliphatic rings. The molecular weight excluding hydrogens is 256 g/mol. The van der Waals surface area contributed by atoms with Crippen molar-refractivity contribution in [1.29, 1.82) is 0 Å². The molecule has 3 nitrogen and oxygen atoms in total. The molecule has 0 aromatic carbocycles. The summed E-state index contributed by atoms with van der Waals surface area (Å²) in [6, 6.07) is 2.84. The van der Waals surface area contributed by atoms with Gasteiger partial charge in [-0.05, 0) is 30.8 Å². The number of hydrogen-bond acceptors (Lipinski definition) is 4. The van der Waals surface area contributed by atoms with Crippen molar-refractivity contribution in [2.45, 2.75) is 25.4 Å². The van der Waals surface area contributed by atoms with Gasteiger partial charge in [0.05, 0.1) is 0 Å². The first-order chi connectivity index (χ1) is 9.36. The molecule has 0 radical (unpaired) electrons. The molecule has 4 heteroatoms. The molecule has 2 saturated heterocycles. The van der Waals surface area contributed by atoms with Crippen molar-refractivity contribution in [1.82, 2.24) is 9.80 Å². The fourth-order valence-corrected chi connectivity index (χ4v) is 3.98. The molecule has 0 spiro atoms. The van der Waals surface area contributed by atoms with E-state index in [2.05, 4.69) is 33.1 Å². The third-order valence-corrected chi connectivity index (χ3v) is 4.99. The number of aliphatic hydroxyl groups is 1. The number of thiophene rings is 1. The Morgan fingerprint density at radius 1 is 1.37 bits per heavy atom. The molecule has 1 unspecified atom stereocenters. The van der Waals surface area contributed by atoms with Gasteiger partial charge in [0.1, 0.15) is 6.61 Å². The van der Waals surface area contributed by atoms with Crippen LogP contribution in [-0.2, 0) is 6.54 Å². The van der Waals surface area contributed by atoms with Gasteiger partial charge < -0.3 is 5.11 Å². The fraction of sp³-hybridized carbons (Fsp3) is 0.600. The topological polar surface area (TPSA) is 26.7 Å². The number of piperazine rings is 1. The van der Waals surface area contributed by atoms with Crippen LogP contribution < -0.4 is 0 Å². The molecule has 1 N–H and O–H groups in total. The van der Waals surface area contributed by atoms with E-state index in [4.69, 9.17) is 5.11 Å². The van der Waals surface area contributed by atoms with E-state index in [1.807, 2.05) is 0 Å². The predicted octanol–water partition coefficient (Wildman–Crippen LogP) is 1.37. The molecule has 3 heterocycles. The number of rotatable bonds is 2. The zero-order valence-electron chi connectivity index (χ0n) is 11.1. The van der Waals surface area contributed by atoms with Gasteiger partial charge in [-0.2, -0.15) is 0 Å². The van der Waals surface area contributed by atoms with Gasteiger partial charge in [0.2, 0.25) is 0 Å². The van der Waals surface area contributed by atoms with Gasteiger partial charge in [-0.1, -0.05) is 11.8 Å². The first kappa shape index (κ1) is 13.1. The van der Waals surface area contributed by atoms with Crippen LogP contribution in [0.25, 0.3) is 0 Å². The number of fused-ring (bicyclic) bond motifs is 1. The Kier molecular flexibility index (Phi) is 4.19. The molecule has 1 atom stereocenters. The van der Waals surface area contributed by atoms with E-state index in [0.717, 1.165) is 18.2 Å². The molecule has 0 saturated carbocycles. The molecule has 3 rings (SSSR count). The molecule has 19 heavy (non-hydrogen) atoms. The summed E-state index contributed by atoms with van der Waals surface area (Å²) in [5.74, 6) is 5.80. The second kappa shape index (κ2) is 6.06. The predicted molar refractivity (Wildman–Crippen MR) is 78.2 cm³/mol. The average Bonchev–Trinajstić information content (AvgIpc) is 3.05. The zero-order valence-corrected chi connectivity index (χ0v) is 12.0. The van der Waals surface area contributed by atoms with E-state index in [1.165, 1.54) is 43.9 Å². The van der Waals surface area contributed by atoms with E-state index < -0.39 is 0 Å². The molecule has 0 amide bonds. The summed E-state index contributed by atoms with van der Waals surface area (Å²) in [7, 11) is 0. The number of nitrogens with zero attached hydrogens (tertiary/aromatic N) is 2. The Hall–Kier alpha value is -0.860. The maximum Gasteiger partial charge on any atom is 0.104 e. The quantitative estimate of drug-likeness (QED) is 0.827. The summed E-state index contributed by atoms with van der Waals surface area (Å²) in [5, 5.41) is 10.9. The SMILES string of the molecule is OCC#Cc1ccsc1CN1CCN2CCCC2C1. The lowest BCUT2D eigenvalue weighted by Crippen LogP contribution is -2.49. The largest absolute Gasteiger partial charge is 0.384 e. The van der Waals surface area contributed by atoms with Crippen molar-refractivity contribution in [2.75, 3.05) is 32.8 Å². The van der Waals surface area contributed by atoms with Crippen LogP contribution in [-0.4, -0.2) is 53.7 Å². The van der Waals surface area contributed by atoms with Gasteiger partial charge in [0.25, 0.3) is 0 Å². The lowest BCUT2D eigenvalue weighted by molar-refractivity contribution is 0.100. The molecule has 102 valence electrons. The lowest BCUT2D eigenvalue weighted by Gasteiger charge is -2.37. The minimum absolute atomic E-state index is 0.0595.